The van der Waals surface area contributed by atoms with Gasteiger partial charge in [-0.15, -0.1) is 13.2 Å². The first-order valence-electron chi connectivity index (χ1n) is 11.2. The van der Waals surface area contributed by atoms with Crippen molar-refractivity contribution in [1.82, 2.24) is 0 Å². The van der Waals surface area contributed by atoms with Gasteiger partial charge in [0.15, 0.2) is 6.10 Å². The monoisotopic (exact) mass is 508 g/mol. The Hall–Kier alpha value is -3.48. The topological polar surface area (TPSA) is 80.3 Å². The zero-order chi connectivity index (χ0) is 25.8. The van der Waals surface area contributed by atoms with E-state index in [4.69, 9.17) is 23.3 Å². The average Bonchev–Trinajstić information content (AvgIpc) is 2.91. The molecule has 3 aromatic carbocycles. The van der Waals surface area contributed by atoms with Gasteiger partial charge in [-0.1, -0.05) is 72.8 Å². The Kier molecular flexibility index (Phi) is 10.2. The van der Waals surface area contributed by atoms with Crippen molar-refractivity contribution in [2.45, 2.75) is 11.9 Å². The largest absolute Gasteiger partial charge is 0.457 e. The SMILES string of the molecule is C=CCOP(=O)(OCC=C)[C@@H](OC(=O)[C@@H](OC)c1ccccc1)c1cccc(Oc2ccccc2)c1. The van der Waals surface area contributed by atoms with Crippen LogP contribution in [0.2, 0.25) is 0 Å². The molecule has 3 rings (SSSR count). The Bertz CT molecular complexity index is 1160. The van der Waals surface area contributed by atoms with Crippen molar-refractivity contribution in [3.8, 4) is 11.5 Å². The zero-order valence-electron chi connectivity index (χ0n) is 20.0. The molecule has 0 radical (unpaired) electrons. The van der Waals surface area contributed by atoms with Gasteiger partial charge in [0.1, 0.15) is 11.5 Å². The molecule has 0 heterocycles. The average molecular weight is 509 g/mol. The second kappa shape index (κ2) is 13.6. The molecule has 0 fully saturated rings. The molecule has 0 aromatic heterocycles. The third-order valence-electron chi connectivity index (χ3n) is 4.93. The number of ether oxygens (including phenoxy) is 3. The molecular weight excluding hydrogens is 479 g/mol. The third-order valence-corrected chi connectivity index (χ3v) is 6.93. The minimum atomic E-state index is -4.08. The second-order valence-corrected chi connectivity index (χ2v) is 9.58. The van der Waals surface area contributed by atoms with Crippen LogP contribution in [0, 0.1) is 0 Å². The smallest absolute Gasteiger partial charge is 0.376 e. The highest BCUT2D eigenvalue weighted by Gasteiger charge is 2.42. The molecule has 188 valence electrons. The lowest BCUT2D eigenvalue weighted by Gasteiger charge is -2.28. The van der Waals surface area contributed by atoms with E-state index in [9.17, 15) is 9.36 Å². The van der Waals surface area contributed by atoms with E-state index in [1.807, 2.05) is 24.3 Å². The Morgan fingerprint density at radius 2 is 1.39 bits per heavy atom. The number of carbonyl (C=O) groups is 1. The molecule has 0 aliphatic carbocycles. The van der Waals surface area contributed by atoms with E-state index < -0.39 is 25.5 Å². The van der Waals surface area contributed by atoms with Crippen LogP contribution < -0.4 is 4.74 Å². The number of para-hydroxylation sites is 1. The van der Waals surface area contributed by atoms with Crippen molar-refractivity contribution in [3.05, 3.63) is 121 Å². The summed E-state index contributed by atoms with van der Waals surface area (Å²) in [5, 5.41) is 0. The number of hydrogen-bond donors (Lipinski definition) is 0. The second-order valence-electron chi connectivity index (χ2n) is 7.51. The third kappa shape index (κ3) is 7.26. The predicted molar refractivity (Wildman–Crippen MR) is 138 cm³/mol. The summed E-state index contributed by atoms with van der Waals surface area (Å²) in [5.41, 5.74) is 0.940. The van der Waals surface area contributed by atoms with Crippen LogP contribution in [-0.4, -0.2) is 26.3 Å². The molecule has 0 aliphatic heterocycles. The number of hydrogen-bond acceptors (Lipinski definition) is 7. The summed E-state index contributed by atoms with van der Waals surface area (Å²) in [4.78, 5) is 13.3. The van der Waals surface area contributed by atoms with Crippen molar-refractivity contribution in [1.29, 1.82) is 0 Å². The number of benzene rings is 3. The highest BCUT2D eigenvalue weighted by Crippen LogP contribution is 2.62. The molecule has 3 aromatic rings. The standard InChI is InChI=1S/C28H29O7P/c1-4-19-32-36(30,33-20-5-2)28(35-27(29)26(31-3)22-13-8-6-9-14-22)23-15-12-18-25(21-23)34-24-16-10-7-11-17-24/h4-18,21,26,28H,1-2,19-20H2,3H3/t26-,28+/m0/s1. The first-order chi connectivity index (χ1) is 17.5. The van der Waals surface area contributed by atoms with Crippen LogP contribution in [0.25, 0.3) is 0 Å². The Morgan fingerprint density at radius 1 is 0.833 bits per heavy atom. The summed E-state index contributed by atoms with van der Waals surface area (Å²) < 4.78 is 42.3. The van der Waals surface area contributed by atoms with Crippen molar-refractivity contribution in [2.75, 3.05) is 20.3 Å². The lowest BCUT2D eigenvalue weighted by Crippen LogP contribution is -2.22. The van der Waals surface area contributed by atoms with Gasteiger partial charge >= 0.3 is 13.6 Å². The van der Waals surface area contributed by atoms with Gasteiger partial charge in [-0.3, -0.25) is 4.57 Å². The van der Waals surface area contributed by atoms with Gasteiger partial charge in [0, 0.05) is 12.7 Å². The Labute approximate surface area is 211 Å². The van der Waals surface area contributed by atoms with Crippen LogP contribution >= 0.6 is 7.60 Å². The maximum atomic E-state index is 14.0. The van der Waals surface area contributed by atoms with E-state index in [1.165, 1.54) is 19.3 Å². The van der Waals surface area contributed by atoms with Gasteiger partial charge < -0.3 is 23.3 Å². The van der Waals surface area contributed by atoms with Crippen LogP contribution in [-0.2, 0) is 27.9 Å². The fraction of sp³-hybridized carbons (Fsp3) is 0.179. The Morgan fingerprint density at radius 3 is 1.97 bits per heavy atom. The van der Waals surface area contributed by atoms with Crippen LogP contribution in [0.5, 0.6) is 11.5 Å². The van der Waals surface area contributed by atoms with Gasteiger partial charge in [0.05, 0.1) is 13.2 Å². The van der Waals surface area contributed by atoms with Crippen LogP contribution in [0.3, 0.4) is 0 Å². The van der Waals surface area contributed by atoms with E-state index >= 15 is 0 Å². The molecule has 2 atom stereocenters. The number of rotatable bonds is 14. The maximum absolute atomic E-state index is 14.0. The Balaban J connectivity index is 2.00. The molecule has 0 saturated heterocycles. The summed E-state index contributed by atoms with van der Waals surface area (Å²) in [7, 11) is -2.69. The number of esters is 1. The fourth-order valence-electron chi connectivity index (χ4n) is 3.33. The predicted octanol–water partition coefficient (Wildman–Crippen LogP) is 7.01. The fourth-order valence-corrected chi connectivity index (χ4v) is 5.06. The number of methoxy groups -OCH3 is 1. The van der Waals surface area contributed by atoms with E-state index in [-0.39, 0.29) is 13.2 Å². The van der Waals surface area contributed by atoms with Crippen LogP contribution in [0.1, 0.15) is 23.1 Å². The molecule has 0 unspecified atom stereocenters. The zero-order valence-corrected chi connectivity index (χ0v) is 20.9. The maximum Gasteiger partial charge on any atom is 0.376 e. The minimum absolute atomic E-state index is 0.0882. The highest BCUT2D eigenvalue weighted by atomic mass is 31.2. The lowest BCUT2D eigenvalue weighted by atomic mass is 10.1. The molecule has 0 saturated carbocycles. The van der Waals surface area contributed by atoms with Crippen molar-refractivity contribution in [3.63, 3.8) is 0 Å². The summed E-state index contributed by atoms with van der Waals surface area (Å²) in [6.07, 6.45) is 1.81. The summed E-state index contributed by atoms with van der Waals surface area (Å²) >= 11 is 0. The molecule has 0 N–H and O–H groups in total. The summed E-state index contributed by atoms with van der Waals surface area (Å²) in [6, 6.07) is 24.7. The quantitative estimate of drug-likeness (QED) is 0.132. The van der Waals surface area contributed by atoms with Gasteiger partial charge in [-0.25, -0.2) is 4.79 Å². The molecular formula is C28H29O7P. The molecule has 7 nitrogen and oxygen atoms in total. The van der Waals surface area contributed by atoms with Crippen LogP contribution in [0.15, 0.2) is 110 Å². The first kappa shape index (κ1) is 27.1. The number of carbonyl (C=O) groups excluding carboxylic acids is 1. The minimum Gasteiger partial charge on any atom is -0.457 e. The van der Waals surface area contributed by atoms with Crippen molar-refractivity contribution >= 4 is 13.6 Å². The summed E-state index contributed by atoms with van der Waals surface area (Å²) in [5.74, 6) is -1.11. The van der Waals surface area contributed by atoms with Gasteiger partial charge in [0.2, 0.25) is 5.85 Å². The molecule has 0 spiro atoms. The van der Waals surface area contributed by atoms with Gasteiger partial charge in [-0.05, 0) is 29.8 Å². The van der Waals surface area contributed by atoms with Crippen LogP contribution in [0.4, 0.5) is 0 Å². The molecule has 0 aliphatic rings. The summed E-state index contributed by atoms with van der Waals surface area (Å²) in [6.45, 7) is 7.04. The van der Waals surface area contributed by atoms with E-state index in [0.717, 1.165) is 0 Å². The molecule has 0 bridgehead atoms. The molecule has 8 heteroatoms. The molecule has 36 heavy (non-hydrogen) atoms. The van der Waals surface area contributed by atoms with Gasteiger partial charge in [0.25, 0.3) is 0 Å². The van der Waals surface area contributed by atoms with E-state index in [1.54, 1.807) is 60.7 Å². The van der Waals surface area contributed by atoms with Gasteiger partial charge in [-0.2, -0.15) is 0 Å². The molecule has 0 amide bonds. The van der Waals surface area contributed by atoms with Crippen molar-refractivity contribution < 1.29 is 32.6 Å². The normalized spacial score (nSPS) is 12.8. The van der Waals surface area contributed by atoms with Crippen molar-refractivity contribution in [2.24, 2.45) is 0 Å². The highest BCUT2D eigenvalue weighted by molar-refractivity contribution is 7.54. The lowest BCUT2D eigenvalue weighted by molar-refractivity contribution is -0.159. The van der Waals surface area contributed by atoms with E-state index in [0.29, 0.717) is 22.6 Å². The van der Waals surface area contributed by atoms with E-state index in [2.05, 4.69) is 13.2 Å². The first-order valence-corrected chi connectivity index (χ1v) is 12.8.